The Morgan fingerprint density at radius 1 is 0.972 bits per heavy atom. The quantitative estimate of drug-likeness (QED) is 0.153. The first kappa shape index (κ1) is 25.9. The van der Waals surface area contributed by atoms with Crippen LogP contribution in [-0.4, -0.2) is 22.5 Å². The van der Waals surface area contributed by atoms with E-state index in [1.54, 1.807) is 6.07 Å². The number of carbonyl (C=O) groups is 1. The van der Waals surface area contributed by atoms with E-state index in [0.717, 1.165) is 34.2 Å². The molecule has 0 saturated heterocycles. The molecule has 0 aliphatic carbocycles. The van der Waals surface area contributed by atoms with Gasteiger partial charge in [-0.05, 0) is 53.6 Å². The Hall–Kier alpha value is -3.21. The minimum absolute atomic E-state index is 0.0599. The maximum absolute atomic E-state index is 13.4. The van der Waals surface area contributed by atoms with Gasteiger partial charge in [-0.15, -0.1) is 11.6 Å². The number of benzene rings is 3. The molecule has 4 nitrogen and oxygen atoms in total. The van der Waals surface area contributed by atoms with Crippen molar-refractivity contribution < 1.29 is 4.79 Å². The number of pyridine rings is 1. The molecule has 1 amide bonds. The van der Waals surface area contributed by atoms with E-state index in [2.05, 4.69) is 55.6 Å². The van der Waals surface area contributed by atoms with Crippen molar-refractivity contribution in [1.82, 2.24) is 10.4 Å². The molecule has 0 aliphatic heterocycles. The van der Waals surface area contributed by atoms with Gasteiger partial charge in [0.15, 0.2) is 0 Å². The molecule has 0 fully saturated rings. The molecule has 36 heavy (non-hydrogen) atoms. The summed E-state index contributed by atoms with van der Waals surface area (Å²) in [4.78, 5) is 18.2. The van der Waals surface area contributed by atoms with Crippen LogP contribution >= 0.6 is 23.2 Å². The van der Waals surface area contributed by atoms with Crippen LogP contribution in [0.2, 0.25) is 5.02 Å². The zero-order valence-electron chi connectivity index (χ0n) is 20.7. The van der Waals surface area contributed by atoms with Crippen LogP contribution in [0.15, 0.2) is 84.0 Å². The summed E-state index contributed by atoms with van der Waals surface area (Å²) in [7, 11) is 0. The minimum Gasteiger partial charge on any atom is -0.267 e. The van der Waals surface area contributed by atoms with Crippen molar-refractivity contribution in [2.45, 2.75) is 39.0 Å². The number of alkyl halides is 1. The lowest BCUT2D eigenvalue weighted by atomic mass is 9.86. The van der Waals surface area contributed by atoms with Gasteiger partial charge in [0.05, 0.1) is 22.5 Å². The maximum atomic E-state index is 13.4. The highest BCUT2D eigenvalue weighted by atomic mass is 35.5. The molecule has 0 unspecified atom stereocenters. The molecule has 184 valence electrons. The highest BCUT2D eigenvalue weighted by Crippen LogP contribution is 2.26. The van der Waals surface area contributed by atoms with Crippen LogP contribution < -0.4 is 5.43 Å². The number of hydrogen-bond donors (Lipinski definition) is 1. The van der Waals surface area contributed by atoms with Gasteiger partial charge in [-0.3, -0.25) is 4.79 Å². The minimum atomic E-state index is -0.293. The number of carbonyl (C=O) groups excluding carboxylic acids is 1. The van der Waals surface area contributed by atoms with E-state index >= 15 is 0 Å². The number of aromatic nitrogens is 1. The molecule has 0 saturated carbocycles. The van der Waals surface area contributed by atoms with Crippen LogP contribution in [0.3, 0.4) is 0 Å². The van der Waals surface area contributed by atoms with Crippen molar-refractivity contribution in [3.8, 4) is 11.3 Å². The summed E-state index contributed by atoms with van der Waals surface area (Å²) in [5, 5.41) is 5.95. The number of nitrogens with one attached hydrogen (secondary N) is 1. The molecule has 1 N–H and O–H groups in total. The highest BCUT2D eigenvalue weighted by Gasteiger charge is 2.16. The lowest BCUT2D eigenvalue weighted by Crippen LogP contribution is -2.21. The first-order valence-corrected chi connectivity index (χ1v) is 12.9. The van der Waals surface area contributed by atoms with Gasteiger partial charge < -0.3 is 0 Å². The van der Waals surface area contributed by atoms with Crippen LogP contribution in [-0.2, 0) is 5.41 Å². The first-order chi connectivity index (χ1) is 17.3. The maximum Gasteiger partial charge on any atom is 0.272 e. The summed E-state index contributed by atoms with van der Waals surface area (Å²) in [5.41, 5.74) is 8.67. The second kappa shape index (κ2) is 11.2. The molecule has 4 aromatic rings. The third-order valence-electron chi connectivity index (χ3n) is 6.02. The van der Waals surface area contributed by atoms with E-state index in [1.165, 1.54) is 5.56 Å². The van der Waals surface area contributed by atoms with E-state index in [9.17, 15) is 4.79 Å². The summed E-state index contributed by atoms with van der Waals surface area (Å²) in [6, 6.07) is 25.1. The number of para-hydroxylation sites is 1. The summed E-state index contributed by atoms with van der Waals surface area (Å²) in [6.45, 7) is 6.55. The number of fused-ring (bicyclic) bond motifs is 1. The third kappa shape index (κ3) is 6.13. The largest absolute Gasteiger partial charge is 0.272 e. The smallest absolute Gasteiger partial charge is 0.267 e. The van der Waals surface area contributed by atoms with Gasteiger partial charge in [-0.2, -0.15) is 5.10 Å². The lowest BCUT2D eigenvalue weighted by Gasteiger charge is -2.19. The molecule has 0 bridgehead atoms. The molecular formula is C30H29Cl2N3O. The van der Waals surface area contributed by atoms with E-state index in [4.69, 9.17) is 28.2 Å². The van der Waals surface area contributed by atoms with Crippen LogP contribution in [0.4, 0.5) is 0 Å². The normalized spacial score (nSPS) is 12.1. The molecule has 0 radical (unpaired) electrons. The molecule has 4 rings (SSSR count). The fraction of sp³-hybridized carbons (Fsp3) is 0.233. The monoisotopic (exact) mass is 517 g/mol. The van der Waals surface area contributed by atoms with Crippen LogP contribution in [0.5, 0.6) is 0 Å². The fourth-order valence-corrected chi connectivity index (χ4v) is 4.23. The Morgan fingerprint density at radius 2 is 1.67 bits per heavy atom. The molecule has 3 aromatic carbocycles. The van der Waals surface area contributed by atoms with E-state index in [1.807, 2.05) is 48.5 Å². The SMILES string of the molecule is CC(C)(C)c1ccc(/C(CCCCl)=N/NC(=O)c2cc(-c3ccc(Cl)cc3)nc3ccccc23)cc1. The summed E-state index contributed by atoms with van der Waals surface area (Å²) in [6.07, 6.45) is 1.42. The predicted molar refractivity (Wildman–Crippen MR) is 151 cm³/mol. The topological polar surface area (TPSA) is 54.4 Å². The van der Waals surface area contributed by atoms with Crippen molar-refractivity contribution in [2.75, 3.05) is 5.88 Å². The zero-order chi connectivity index (χ0) is 25.7. The molecule has 1 aromatic heterocycles. The molecule has 1 heterocycles. The Balaban J connectivity index is 1.68. The summed E-state index contributed by atoms with van der Waals surface area (Å²) in [5.74, 6) is 0.227. The van der Waals surface area contributed by atoms with Crippen LogP contribution in [0.25, 0.3) is 22.2 Å². The van der Waals surface area contributed by atoms with Crippen molar-refractivity contribution in [1.29, 1.82) is 0 Å². The predicted octanol–water partition coefficient (Wildman–Crippen LogP) is 8.01. The van der Waals surface area contributed by atoms with E-state index in [-0.39, 0.29) is 11.3 Å². The number of hydrogen-bond acceptors (Lipinski definition) is 3. The van der Waals surface area contributed by atoms with E-state index < -0.39 is 0 Å². The summed E-state index contributed by atoms with van der Waals surface area (Å²) >= 11 is 12.0. The average Bonchev–Trinajstić information content (AvgIpc) is 2.88. The third-order valence-corrected chi connectivity index (χ3v) is 6.54. The number of hydrazone groups is 1. The van der Waals surface area contributed by atoms with Crippen molar-refractivity contribution in [3.63, 3.8) is 0 Å². The highest BCUT2D eigenvalue weighted by molar-refractivity contribution is 6.30. The van der Waals surface area contributed by atoms with Gasteiger partial charge in [0.2, 0.25) is 0 Å². The Morgan fingerprint density at radius 3 is 2.33 bits per heavy atom. The van der Waals surface area contributed by atoms with Crippen molar-refractivity contribution >= 4 is 45.7 Å². The summed E-state index contributed by atoms with van der Waals surface area (Å²) < 4.78 is 0. The second-order valence-corrected chi connectivity index (χ2v) is 10.5. The first-order valence-electron chi connectivity index (χ1n) is 12.0. The number of halogens is 2. The van der Waals surface area contributed by atoms with Crippen LogP contribution in [0.1, 0.15) is 55.1 Å². The number of nitrogens with zero attached hydrogens (tertiary/aromatic N) is 2. The Labute approximate surface area is 222 Å². The molecule has 0 atom stereocenters. The average molecular weight is 518 g/mol. The molecular weight excluding hydrogens is 489 g/mol. The molecule has 0 aliphatic rings. The van der Waals surface area contributed by atoms with Gasteiger partial charge in [-0.1, -0.05) is 87.0 Å². The van der Waals surface area contributed by atoms with Gasteiger partial charge >= 0.3 is 0 Å². The fourth-order valence-electron chi connectivity index (χ4n) is 3.97. The van der Waals surface area contributed by atoms with E-state index in [0.29, 0.717) is 28.6 Å². The molecule has 6 heteroatoms. The molecule has 0 spiro atoms. The van der Waals surface area contributed by atoms with Crippen molar-refractivity contribution in [2.24, 2.45) is 5.10 Å². The second-order valence-electron chi connectivity index (χ2n) is 9.70. The Bertz CT molecular complexity index is 1390. The number of amides is 1. The van der Waals surface area contributed by atoms with Gasteiger partial charge in [0, 0.05) is 21.9 Å². The lowest BCUT2D eigenvalue weighted by molar-refractivity contribution is 0.0956. The van der Waals surface area contributed by atoms with Gasteiger partial charge in [0.1, 0.15) is 0 Å². The van der Waals surface area contributed by atoms with Gasteiger partial charge in [0.25, 0.3) is 5.91 Å². The zero-order valence-corrected chi connectivity index (χ0v) is 22.2. The van der Waals surface area contributed by atoms with Crippen LogP contribution in [0, 0.1) is 0 Å². The standard InChI is InChI=1S/C30H29Cl2N3O/c1-30(2,3)22-14-10-20(11-15-22)26(9-6-18-31)34-35-29(36)25-19-28(21-12-16-23(32)17-13-21)33-27-8-5-4-7-24(25)27/h4-5,7-8,10-17,19H,6,9,18H2,1-3H3,(H,35,36)/b34-26+. The van der Waals surface area contributed by atoms with Crippen molar-refractivity contribution in [3.05, 3.63) is 101 Å². The Kier molecular flexibility index (Phi) is 8.07. The van der Waals surface area contributed by atoms with Gasteiger partial charge in [-0.25, -0.2) is 10.4 Å². The number of rotatable bonds is 7.